The standard InChI is InChI=1S/C29H30O8/c1-15-11-18-12-20(32-3)26(33-4)24(30)22(18)23-19(13-21-27(28(23)34-5)36-14-35-21)25(16(15)2)37-29(31)17-9-7-6-8-10-17/h6-10,12-13,15-16,25,30H,11,14H2,1-5H3/t15-,16+,25-/m0/s1. The zero-order valence-electron chi connectivity index (χ0n) is 21.5. The Bertz CT molecular complexity index is 1330. The normalized spacial score (nSPS) is 19.6. The first-order chi connectivity index (χ1) is 17.9. The summed E-state index contributed by atoms with van der Waals surface area (Å²) in [5.74, 6) is 1.35. The van der Waals surface area contributed by atoms with Crippen LogP contribution in [0.4, 0.5) is 0 Å². The van der Waals surface area contributed by atoms with Gasteiger partial charge < -0.3 is 33.5 Å². The molecule has 5 rings (SSSR count). The Hall–Kier alpha value is -4.07. The summed E-state index contributed by atoms with van der Waals surface area (Å²) in [4.78, 5) is 13.3. The second-order valence-electron chi connectivity index (χ2n) is 9.34. The number of hydrogen-bond donors (Lipinski definition) is 1. The van der Waals surface area contributed by atoms with E-state index in [0.717, 1.165) is 5.56 Å². The maximum absolute atomic E-state index is 13.3. The van der Waals surface area contributed by atoms with Crippen molar-refractivity contribution in [3.05, 3.63) is 59.2 Å². The number of phenolic OH excluding ortho intramolecular Hbond substituents is 1. The van der Waals surface area contributed by atoms with Crippen molar-refractivity contribution in [2.24, 2.45) is 11.8 Å². The van der Waals surface area contributed by atoms with Crippen LogP contribution in [-0.4, -0.2) is 39.2 Å². The SMILES string of the molecule is COc1cc2c(c(O)c1OC)-c1c(cc3c(c1OC)OCO3)[C@@H](OC(=O)c1ccccc1)[C@H](C)[C@@H](C)C2. The molecule has 3 aromatic carbocycles. The fraction of sp³-hybridized carbons (Fsp3) is 0.345. The summed E-state index contributed by atoms with van der Waals surface area (Å²) in [6, 6.07) is 12.6. The molecule has 1 aliphatic carbocycles. The first-order valence-corrected chi connectivity index (χ1v) is 12.1. The summed E-state index contributed by atoms with van der Waals surface area (Å²) in [5, 5.41) is 11.5. The molecule has 0 aromatic heterocycles. The number of fused-ring (bicyclic) bond motifs is 4. The van der Waals surface area contributed by atoms with Gasteiger partial charge in [-0.25, -0.2) is 4.79 Å². The molecule has 0 unspecified atom stereocenters. The van der Waals surface area contributed by atoms with Gasteiger partial charge in [-0.15, -0.1) is 0 Å². The lowest BCUT2D eigenvalue weighted by Crippen LogP contribution is -2.26. The first kappa shape index (κ1) is 24.6. The molecule has 0 saturated heterocycles. The molecule has 0 saturated carbocycles. The number of phenols is 1. The quantitative estimate of drug-likeness (QED) is 0.451. The molecule has 3 aromatic rings. The van der Waals surface area contributed by atoms with E-state index in [4.69, 9.17) is 28.4 Å². The number of ether oxygens (including phenoxy) is 6. The smallest absolute Gasteiger partial charge is 0.338 e. The summed E-state index contributed by atoms with van der Waals surface area (Å²) < 4.78 is 34.6. The van der Waals surface area contributed by atoms with Gasteiger partial charge in [-0.05, 0) is 42.2 Å². The third-order valence-corrected chi connectivity index (χ3v) is 7.30. The molecule has 2 aliphatic rings. The van der Waals surface area contributed by atoms with Crippen LogP contribution in [0.3, 0.4) is 0 Å². The van der Waals surface area contributed by atoms with E-state index in [1.807, 2.05) is 18.2 Å². The summed E-state index contributed by atoms with van der Waals surface area (Å²) in [7, 11) is 4.54. The third kappa shape index (κ3) is 4.06. The Kier molecular flexibility index (Phi) is 6.50. The van der Waals surface area contributed by atoms with Gasteiger partial charge in [0.25, 0.3) is 0 Å². The monoisotopic (exact) mass is 506 g/mol. The fourth-order valence-electron chi connectivity index (χ4n) is 5.22. The van der Waals surface area contributed by atoms with Gasteiger partial charge in [-0.2, -0.15) is 0 Å². The highest BCUT2D eigenvalue weighted by Crippen LogP contribution is 2.58. The lowest BCUT2D eigenvalue weighted by atomic mass is 9.76. The number of aromatic hydroxyl groups is 1. The van der Waals surface area contributed by atoms with Crippen LogP contribution in [0.1, 0.15) is 41.4 Å². The van der Waals surface area contributed by atoms with Crippen LogP contribution in [0, 0.1) is 11.8 Å². The zero-order chi connectivity index (χ0) is 26.3. The van der Waals surface area contributed by atoms with Crippen LogP contribution in [0.15, 0.2) is 42.5 Å². The topological polar surface area (TPSA) is 92.7 Å². The Morgan fingerprint density at radius 2 is 1.68 bits per heavy atom. The van der Waals surface area contributed by atoms with Crippen molar-refractivity contribution in [1.82, 2.24) is 0 Å². The molecular formula is C29H30O8. The van der Waals surface area contributed by atoms with Crippen molar-refractivity contribution >= 4 is 5.97 Å². The summed E-state index contributed by atoms with van der Waals surface area (Å²) in [6.07, 6.45) is -0.0809. The van der Waals surface area contributed by atoms with Gasteiger partial charge in [0.2, 0.25) is 18.3 Å². The van der Waals surface area contributed by atoms with Crippen molar-refractivity contribution < 1.29 is 38.3 Å². The van der Waals surface area contributed by atoms with Crippen LogP contribution in [0.25, 0.3) is 11.1 Å². The van der Waals surface area contributed by atoms with E-state index in [1.165, 1.54) is 21.3 Å². The molecule has 0 fully saturated rings. The van der Waals surface area contributed by atoms with E-state index in [2.05, 4.69) is 13.8 Å². The minimum Gasteiger partial charge on any atom is -0.504 e. The number of carbonyl (C=O) groups excluding carboxylic acids is 1. The van der Waals surface area contributed by atoms with E-state index in [-0.39, 0.29) is 30.1 Å². The number of hydrogen-bond acceptors (Lipinski definition) is 8. The van der Waals surface area contributed by atoms with Crippen LogP contribution in [0.5, 0.6) is 34.5 Å². The molecule has 0 radical (unpaired) electrons. The van der Waals surface area contributed by atoms with E-state index in [0.29, 0.717) is 51.7 Å². The molecule has 194 valence electrons. The van der Waals surface area contributed by atoms with Crippen LogP contribution < -0.4 is 23.7 Å². The molecule has 8 heteroatoms. The van der Waals surface area contributed by atoms with E-state index in [9.17, 15) is 9.90 Å². The Balaban J connectivity index is 1.80. The van der Waals surface area contributed by atoms with E-state index in [1.54, 1.807) is 24.3 Å². The van der Waals surface area contributed by atoms with E-state index >= 15 is 0 Å². The molecule has 3 atom stereocenters. The molecule has 0 spiro atoms. The highest BCUT2D eigenvalue weighted by molar-refractivity contribution is 5.91. The van der Waals surface area contributed by atoms with Crippen LogP contribution >= 0.6 is 0 Å². The van der Waals surface area contributed by atoms with Gasteiger partial charge in [0.05, 0.1) is 26.9 Å². The highest BCUT2D eigenvalue weighted by Gasteiger charge is 2.39. The maximum Gasteiger partial charge on any atom is 0.338 e. The van der Waals surface area contributed by atoms with Gasteiger partial charge in [-0.3, -0.25) is 0 Å². The van der Waals surface area contributed by atoms with Crippen molar-refractivity contribution in [3.63, 3.8) is 0 Å². The molecule has 0 bridgehead atoms. The number of benzene rings is 3. The largest absolute Gasteiger partial charge is 0.504 e. The van der Waals surface area contributed by atoms with Gasteiger partial charge in [0, 0.05) is 22.6 Å². The molecule has 1 heterocycles. The predicted molar refractivity (Wildman–Crippen MR) is 136 cm³/mol. The molecule has 8 nitrogen and oxygen atoms in total. The highest BCUT2D eigenvalue weighted by atomic mass is 16.7. The summed E-state index contributed by atoms with van der Waals surface area (Å²) >= 11 is 0. The Morgan fingerprint density at radius 3 is 2.35 bits per heavy atom. The molecular weight excluding hydrogens is 476 g/mol. The number of carbonyl (C=O) groups is 1. The second kappa shape index (κ2) is 9.76. The third-order valence-electron chi connectivity index (χ3n) is 7.30. The average molecular weight is 507 g/mol. The molecule has 0 amide bonds. The lowest BCUT2D eigenvalue weighted by molar-refractivity contribution is 0.00701. The zero-order valence-corrected chi connectivity index (χ0v) is 21.5. The van der Waals surface area contributed by atoms with Crippen LogP contribution in [0.2, 0.25) is 0 Å². The lowest BCUT2D eigenvalue weighted by Gasteiger charge is -2.35. The molecule has 1 aliphatic heterocycles. The Morgan fingerprint density at radius 1 is 0.946 bits per heavy atom. The minimum absolute atomic E-state index is 0.0276. The van der Waals surface area contributed by atoms with Crippen LogP contribution in [-0.2, 0) is 11.2 Å². The fourth-order valence-corrected chi connectivity index (χ4v) is 5.22. The molecule has 37 heavy (non-hydrogen) atoms. The van der Waals surface area contributed by atoms with Crippen molar-refractivity contribution in [2.45, 2.75) is 26.4 Å². The van der Waals surface area contributed by atoms with Gasteiger partial charge in [0.15, 0.2) is 23.0 Å². The van der Waals surface area contributed by atoms with Gasteiger partial charge in [-0.1, -0.05) is 32.0 Å². The van der Waals surface area contributed by atoms with Crippen molar-refractivity contribution in [2.75, 3.05) is 28.1 Å². The number of methoxy groups -OCH3 is 3. The predicted octanol–water partition coefficient (Wildman–Crippen LogP) is 5.54. The number of rotatable bonds is 5. The van der Waals surface area contributed by atoms with Gasteiger partial charge in [0.1, 0.15) is 6.10 Å². The van der Waals surface area contributed by atoms with Gasteiger partial charge >= 0.3 is 5.97 Å². The minimum atomic E-state index is -0.665. The maximum atomic E-state index is 13.3. The summed E-state index contributed by atoms with van der Waals surface area (Å²) in [5.41, 5.74) is 3.02. The first-order valence-electron chi connectivity index (χ1n) is 12.1. The van der Waals surface area contributed by atoms with E-state index < -0.39 is 12.1 Å². The number of esters is 1. The Labute approximate surface area is 215 Å². The summed E-state index contributed by atoms with van der Waals surface area (Å²) in [6.45, 7) is 4.18. The second-order valence-corrected chi connectivity index (χ2v) is 9.34. The van der Waals surface area contributed by atoms with Crippen molar-refractivity contribution in [3.8, 4) is 45.6 Å². The average Bonchev–Trinajstić information content (AvgIpc) is 3.38. The van der Waals surface area contributed by atoms with Crippen molar-refractivity contribution in [1.29, 1.82) is 0 Å². The molecule has 1 N–H and O–H groups in total.